The van der Waals surface area contributed by atoms with Gasteiger partial charge in [0.2, 0.25) is 0 Å². The van der Waals surface area contributed by atoms with Crippen LogP contribution in [0.15, 0.2) is 52.0 Å². The Morgan fingerprint density at radius 1 is 1.34 bits per heavy atom. The van der Waals surface area contributed by atoms with Crippen LogP contribution in [0.25, 0.3) is 17.0 Å². The van der Waals surface area contributed by atoms with Crippen LogP contribution in [0.5, 0.6) is 0 Å². The van der Waals surface area contributed by atoms with E-state index in [1.165, 1.54) is 0 Å². The smallest absolute Gasteiger partial charge is 0.312 e. The summed E-state index contributed by atoms with van der Waals surface area (Å²) in [7, 11) is 1.79. The zero-order valence-electron chi connectivity index (χ0n) is 16.8. The number of hydrogen-bond acceptors (Lipinski definition) is 7. The van der Waals surface area contributed by atoms with E-state index in [4.69, 9.17) is 9.52 Å². The zero-order chi connectivity index (χ0) is 21.8. The highest BCUT2D eigenvalue weighted by Crippen LogP contribution is 2.35. The fourth-order valence-corrected chi connectivity index (χ4v) is 4.46. The summed E-state index contributed by atoms with van der Waals surface area (Å²) in [6.07, 6.45) is 7.50. The van der Waals surface area contributed by atoms with Gasteiger partial charge < -0.3 is 14.3 Å². The Labute approximate surface area is 189 Å². The molecule has 160 valence electrons. The van der Waals surface area contributed by atoms with Crippen LogP contribution in [0.2, 0.25) is 0 Å². The van der Waals surface area contributed by atoms with Gasteiger partial charge in [-0.05, 0) is 34.1 Å². The number of nitrogens with zero attached hydrogens (tertiary/aromatic N) is 8. The van der Waals surface area contributed by atoms with E-state index < -0.39 is 6.04 Å². The molecule has 0 spiro atoms. The predicted molar refractivity (Wildman–Crippen MR) is 115 cm³/mol. The standard InChI is InChI=1S/C20H16BrN9O2/c1-28-9-11(8-24-28)18-25-26-19(32-18)20(31)29-6-4-13-16(23-10-22-13)17(29)14-7-15-12(21)3-2-5-30(15)27-14/h2-3,5,7-10,17H,4,6H2,1H3,(H,22,23)/t17-/m0/s1. The molecule has 0 fully saturated rings. The summed E-state index contributed by atoms with van der Waals surface area (Å²) in [5.74, 6) is -0.215. The quantitative estimate of drug-likeness (QED) is 0.409. The average Bonchev–Trinajstić information content (AvgIpc) is 3.57. The first-order valence-corrected chi connectivity index (χ1v) is 10.7. The first-order chi connectivity index (χ1) is 15.6. The van der Waals surface area contributed by atoms with Gasteiger partial charge >= 0.3 is 11.8 Å². The lowest BCUT2D eigenvalue weighted by Gasteiger charge is -2.32. The lowest BCUT2D eigenvalue weighted by atomic mass is 9.99. The Morgan fingerprint density at radius 2 is 2.25 bits per heavy atom. The van der Waals surface area contributed by atoms with Crippen molar-refractivity contribution < 1.29 is 9.21 Å². The molecule has 1 aliphatic rings. The maximum atomic E-state index is 13.5. The number of pyridine rings is 1. The third-order valence-corrected chi connectivity index (χ3v) is 6.17. The highest BCUT2D eigenvalue weighted by Gasteiger charge is 2.38. The first kappa shape index (κ1) is 18.9. The van der Waals surface area contributed by atoms with E-state index in [0.29, 0.717) is 24.2 Å². The molecule has 1 N–H and O–H groups in total. The Balaban J connectivity index is 1.41. The van der Waals surface area contributed by atoms with E-state index in [9.17, 15) is 4.79 Å². The Morgan fingerprint density at radius 3 is 3.06 bits per heavy atom. The van der Waals surface area contributed by atoms with Crippen molar-refractivity contribution in [3.63, 3.8) is 0 Å². The van der Waals surface area contributed by atoms with Gasteiger partial charge in [-0.2, -0.15) is 10.2 Å². The van der Waals surface area contributed by atoms with Crippen molar-refractivity contribution in [3.05, 3.63) is 70.6 Å². The van der Waals surface area contributed by atoms with Gasteiger partial charge in [-0.15, -0.1) is 10.2 Å². The minimum Gasteiger partial charge on any atom is -0.412 e. The minimum atomic E-state index is -0.488. The minimum absolute atomic E-state index is 0.0854. The van der Waals surface area contributed by atoms with Crippen molar-refractivity contribution in [2.45, 2.75) is 12.5 Å². The normalized spacial score (nSPS) is 15.9. The Kier molecular flexibility index (Phi) is 4.21. The molecule has 0 aliphatic carbocycles. The maximum Gasteiger partial charge on any atom is 0.312 e. The van der Waals surface area contributed by atoms with Gasteiger partial charge in [-0.3, -0.25) is 9.48 Å². The van der Waals surface area contributed by atoms with Crippen LogP contribution in [-0.2, 0) is 13.5 Å². The number of fused-ring (bicyclic) bond motifs is 2. The van der Waals surface area contributed by atoms with Crippen molar-refractivity contribution in [2.75, 3.05) is 6.54 Å². The molecule has 0 saturated heterocycles. The second-order valence-corrected chi connectivity index (χ2v) is 8.34. The molecule has 0 aromatic carbocycles. The maximum absolute atomic E-state index is 13.5. The lowest BCUT2D eigenvalue weighted by Crippen LogP contribution is -2.41. The van der Waals surface area contributed by atoms with Crippen molar-refractivity contribution >= 4 is 27.4 Å². The van der Waals surface area contributed by atoms with Gasteiger partial charge in [0.05, 0.1) is 35.0 Å². The second-order valence-electron chi connectivity index (χ2n) is 7.49. The summed E-state index contributed by atoms with van der Waals surface area (Å²) in [4.78, 5) is 22.8. The molecule has 0 unspecified atom stereocenters. The van der Waals surface area contributed by atoms with Crippen LogP contribution in [0.4, 0.5) is 0 Å². The monoisotopic (exact) mass is 493 g/mol. The molecule has 6 heterocycles. The van der Waals surface area contributed by atoms with E-state index in [-0.39, 0.29) is 17.7 Å². The Hall–Kier alpha value is -3.80. The average molecular weight is 494 g/mol. The van der Waals surface area contributed by atoms with Crippen molar-refractivity contribution in [1.29, 1.82) is 0 Å². The molecule has 6 rings (SSSR count). The summed E-state index contributed by atoms with van der Waals surface area (Å²) >= 11 is 3.56. The van der Waals surface area contributed by atoms with E-state index in [2.05, 4.69) is 41.2 Å². The van der Waals surface area contributed by atoms with Gasteiger partial charge in [-0.1, -0.05) is 0 Å². The fourth-order valence-electron chi connectivity index (χ4n) is 4.01. The van der Waals surface area contributed by atoms with Crippen LogP contribution in [0, 0.1) is 0 Å². The van der Waals surface area contributed by atoms with E-state index in [1.54, 1.807) is 39.9 Å². The lowest BCUT2D eigenvalue weighted by molar-refractivity contribution is 0.0646. The van der Waals surface area contributed by atoms with E-state index >= 15 is 0 Å². The largest absolute Gasteiger partial charge is 0.412 e. The van der Waals surface area contributed by atoms with Gasteiger partial charge in [0, 0.05) is 42.6 Å². The summed E-state index contributed by atoms with van der Waals surface area (Å²) in [6, 6.07) is 5.31. The van der Waals surface area contributed by atoms with Crippen LogP contribution in [0.3, 0.4) is 0 Å². The number of amides is 1. The molecule has 32 heavy (non-hydrogen) atoms. The van der Waals surface area contributed by atoms with E-state index in [0.717, 1.165) is 21.4 Å². The molecule has 5 aromatic rings. The van der Waals surface area contributed by atoms with Crippen molar-refractivity contribution in [3.8, 4) is 11.5 Å². The van der Waals surface area contributed by atoms with Crippen LogP contribution < -0.4 is 0 Å². The second kappa shape index (κ2) is 7.12. The molecule has 0 saturated carbocycles. The number of aryl methyl sites for hydroxylation is 1. The summed E-state index contributed by atoms with van der Waals surface area (Å²) < 4.78 is 10.0. The number of rotatable bonds is 3. The van der Waals surface area contributed by atoms with Crippen molar-refractivity contribution in [1.82, 2.24) is 44.5 Å². The van der Waals surface area contributed by atoms with Gasteiger partial charge in [-0.25, -0.2) is 9.50 Å². The van der Waals surface area contributed by atoms with Gasteiger partial charge in [0.25, 0.3) is 5.89 Å². The summed E-state index contributed by atoms with van der Waals surface area (Å²) in [6.45, 7) is 0.457. The molecule has 1 amide bonds. The molecule has 5 aromatic heterocycles. The molecular formula is C20H16BrN9O2. The van der Waals surface area contributed by atoms with E-state index in [1.807, 2.05) is 24.4 Å². The number of aromatic nitrogens is 8. The number of carbonyl (C=O) groups excluding carboxylic acids is 1. The molecule has 0 radical (unpaired) electrons. The SMILES string of the molecule is Cn1cc(-c2nnc(C(=O)N3CCc4[nH]cnc4[C@@H]3c3cc4c(Br)cccn4n3)o2)cn1. The molecular weight excluding hydrogens is 478 g/mol. The molecule has 1 atom stereocenters. The Bertz CT molecular complexity index is 1460. The van der Waals surface area contributed by atoms with Crippen LogP contribution in [-0.4, -0.2) is 56.9 Å². The molecule has 11 nitrogen and oxygen atoms in total. The topological polar surface area (TPSA) is 123 Å². The number of H-pyrrole nitrogens is 1. The summed E-state index contributed by atoms with van der Waals surface area (Å²) in [5.41, 5.74) is 3.99. The number of halogens is 1. The number of aromatic amines is 1. The molecule has 1 aliphatic heterocycles. The molecule has 0 bridgehead atoms. The highest BCUT2D eigenvalue weighted by molar-refractivity contribution is 9.10. The predicted octanol–water partition coefficient (Wildman–Crippen LogP) is 2.39. The number of hydrogen-bond donors (Lipinski definition) is 1. The van der Waals surface area contributed by atoms with Crippen LogP contribution >= 0.6 is 15.9 Å². The molecule has 12 heteroatoms. The highest BCUT2D eigenvalue weighted by atomic mass is 79.9. The summed E-state index contributed by atoms with van der Waals surface area (Å²) in [5, 5.41) is 16.9. The third-order valence-electron chi connectivity index (χ3n) is 5.49. The van der Waals surface area contributed by atoms with Crippen molar-refractivity contribution in [2.24, 2.45) is 7.05 Å². The van der Waals surface area contributed by atoms with Crippen LogP contribution in [0.1, 0.15) is 33.8 Å². The number of nitrogens with one attached hydrogen (secondary N) is 1. The van der Waals surface area contributed by atoms with Gasteiger partial charge in [0.15, 0.2) is 0 Å². The number of carbonyl (C=O) groups is 1. The zero-order valence-corrected chi connectivity index (χ0v) is 18.4. The van der Waals surface area contributed by atoms with Gasteiger partial charge in [0.1, 0.15) is 6.04 Å². The fraction of sp³-hybridized carbons (Fsp3) is 0.200. The first-order valence-electron chi connectivity index (χ1n) is 9.88. The number of imidazole rings is 1. The third kappa shape index (κ3) is 2.94.